The number of nitro groups is 1. The third kappa shape index (κ3) is 5.04. The molecule has 0 spiro atoms. The van der Waals surface area contributed by atoms with Crippen LogP contribution in [0.3, 0.4) is 0 Å². The Morgan fingerprint density at radius 2 is 1.80 bits per heavy atom. The second kappa shape index (κ2) is 9.41. The van der Waals surface area contributed by atoms with Crippen LogP contribution in [0.15, 0.2) is 48.8 Å². The molecule has 0 saturated carbocycles. The molecule has 2 aromatic heterocycles. The lowest BCUT2D eigenvalue weighted by Gasteiger charge is -2.10. The van der Waals surface area contributed by atoms with Gasteiger partial charge in [-0.25, -0.2) is 19.7 Å². The molecular weight excluding hydrogens is 388 g/mol. The lowest BCUT2D eigenvalue weighted by Crippen LogP contribution is -2.16. The van der Waals surface area contributed by atoms with Crippen LogP contribution < -0.4 is 10.6 Å². The Balaban J connectivity index is 1.66. The third-order valence-corrected chi connectivity index (χ3v) is 4.33. The number of carboxylic acid groups (broad SMARTS) is 1. The van der Waals surface area contributed by atoms with E-state index in [0.717, 1.165) is 12.0 Å². The van der Waals surface area contributed by atoms with Gasteiger partial charge >= 0.3 is 5.97 Å². The quantitative estimate of drug-likeness (QED) is 0.276. The summed E-state index contributed by atoms with van der Waals surface area (Å²) in [6.07, 6.45) is 3.35. The number of nitrogens with zero attached hydrogens (tertiary/aromatic N) is 4. The minimum absolute atomic E-state index is 0.0259. The fraction of sp³-hybridized carbons (Fsp3) is 0.200. The Morgan fingerprint density at radius 3 is 2.40 bits per heavy atom. The molecule has 0 bridgehead atoms. The SMILES string of the molecule is CCc1ccc(-c2nc(NCCNc3ccc([N+](=O)[O-])cn3)ncc2C(=O)O)cc1. The van der Waals surface area contributed by atoms with Gasteiger partial charge in [0.2, 0.25) is 5.95 Å². The van der Waals surface area contributed by atoms with Crippen LogP contribution in [0, 0.1) is 10.1 Å². The Labute approximate surface area is 172 Å². The van der Waals surface area contributed by atoms with Gasteiger partial charge in [-0.2, -0.15) is 0 Å². The van der Waals surface area contributed by atoms with Crippen LogP contribution in [-0.4, -0.2) is 44.0 Å². The Bertz CT molecular complexity index is 1040. The summed E-state index contributed by atoms with van der Waals surface area (Å²) in [6.45, 7) is 2.93. The third-order valence-electron chi connectivity index (χ3n) is 4.33. The molecule has 30 heavy (non-hydrogen) atoms. The van der Waals surface area contributed by atoms with E-state index >= 15 is 0 Å². The topological polar surface area (TPSA) is 143 Å². The highest BCUT2D eigenvalue weighted by atomic mass is 16.6. The lowest BCUT2D eigenvalue weighted by atomic mass is 10.0. The van der Waals surface area contributed by atoms with Crippen LogP contribution >= 0.6 is 0 Å². The number of carbonyl (C=O) groups is 1. The zero-order chi connectivity index (χ0) is 21.5. The van der Waals surface area contributed by atoms with Crippen molar-refractivity contribution in [3.8, 4) is 11.3 Å². The van der Waals surface area contributed by atoms with Gasteiger partial charge in [0.05, 0.1) is 10.6 Å². The van der Waals surface area contributed by atoms with Crippen molar-refractivity contribution >= 4 is 23.4 Å². The molecule has 0 fully saturated rings. The molecule has 154 valence electrons. The normalized spacial score (nSPS) is 10.4. The highest BCUT2D eigenvalue weighted by molar-refractivity contribution is 5.94. The van der Waals surface area contributed by atoms with Crippen molar-refractivity contribution in [2.45, 2.75) is 13.3 Å². The first-order chi connectivity index (χ1) is 14.5. The molecular formula is C20H20N6O4. The maximum absolute atomic E-state index is 11.6. The van der Waals surface area contributed by atoms with E-state index in [9.17, 15) is 20.0 Å². The number of aromatic nitrogens is 3. The van der Waals surface area contributed by atoms with Gasteiger partial charge in [-0.1, -0.05) is 31.2 Å². The summed E-state index contributed by atoms with van der Waals surface area (Å²) < 4.78 is 0. The number of hydrogen-bond donors (Lipinski definition) is 3. The molecule has 2 heterocycles. The minimum atomic E-state index is -1.10. The molecule has 0 aliphatic heterocycles. The predicted molar refractivity (Wildman–Crippen MR) is 112 cm³/mol. The summed E-state index contributed by atoms with van der Waals surface area (Å²) in [5.41, 5.74) is 2.13. The molecule has 0 atom stereocenters. The summed E-state index contributed by atoms with van der Waals surface area (Å²) in [6, 6.07) is 10.5. The molecule has 0 radical (unpaired) electrons. The molecule has 10 nitrogen and oxygen atoms in total. The number of pyridine rings is 1. The van der Waals surface area contributed by atoms with Crippen LogP contribution in [0.1, 0.15) is 22.8 Å². The van der Waals surface area contributed by atoms with E-state index in [0.29, 0.717) is 36.1 Å². The van der Waals surface area contributed by atoms with E-state index in [1.54, 1.807) is 0 Å². The van der Waals surface area contributed by atoms with E-state index in [1.165, 1.54) is 24.5 Å². The van der Waals surface area contributed by atoms with E-state index < -0.39 is 10.9 Å². The summed E-state index contributed by atoms with van der Waals surface area (Å²) in [4.78, 5) is 34.1. The van der Waals surface area contributed by atoms with Gasteiger partial charge in [0, 0.05) is 30.9 Å². The van der Waals surface area contributed by atoms with Gasteiger partial charge < -0.3 is 15.7 Å². The Kier molecular flexibility index (Phi) is 6.48. The minimum Gasteiger partial charge on any atom is -0.478 e. The van der Waals surface area contributed by atoms with Gasteiger partial charge in [-0.3, -0.25) is 10.1 Å². The van der Waals surface area contributed by atoms with Gasteiger partial charge in [0.25, 0.3) is 5.69 Å². The molecule has 10 heteroatoms. The fourth-order valence-electron chi connectivity index (χ4n) is 2.71. The van der Waals surface area contributed by atoms with Crippen LogP contribution in [0.5, 0.6) is 0 Å². The number of nitrogens with one attached hydrogen (secondary N) is 2. The van der Waals surface area contributed by atoms with Gasteiger partial charge in [-0.05, 0) is 18.1 Å². The Morgan fingerprint density at radius 1 is 1.07 bits per heavy atom. The van der Waals surface area contributed by atoms with Crippen molar-refractivity contribution in [3.63, 3.8) is 0 Å². The van der Waals surface area contributed by atoms with E-state index in [1.807, 2.05) is 31.2 Å². The van der Waals surface area contributed by atoms with Gasteiger partial charge in [0.15, 0.2) is 0 Å². The molecule has 0 unspecified atom stereocenters. The largest absolute Gasteiger partial charge is 0.478 e. The lowest BCUT2D eigenvalue weighted by molar-refractivity contribution is -0.385. The molecule has 1 aromatic carbocycles. The molecule has 3 N–H and O–H groups in total. The summed E-state index contributed by atoms with van der Waals surface area (Å²) in [5, 5.41) is 26.1. The standard InChI is InChI=1S/C20H20N6O4/c1-2-13-3-5-14(6-4-13)18-16(19(27)28)12-24-20(25-18)22-10-9-21-17-8-7-15(11-23-17)26(29)30/h3-8,11-12H,2,9-10H2,1H3,(H,21,23)(H,27,28)(H,22,24,25). The molecule has 0 saturated heterocycles. The monoisotopic (exact) mass is 408 g/mol. The number of anilines is 2. The number of hydrogen-bond acceptors (Lipinski definition) is 8. The smallest absolute Gasteiger partial charge is 0.339 e. The molecule has 0 aliphatic carbocycles. The zero-order valence-corrected chi connectivity index (χ0v) is 16.2. The molecule has 0 aliphatic rings. The number of aromatic carboxylic acids is 1. The predicted octanol–water partition coefficient (Wildman–Crippen LogP) is 3.23. The second-order valence-electron chi connectivity index (χ2n) is 6.32. The van der Waals surface area contributed by atoms with E-state index in [2.05, 4.69) is 25.6 Å². The van der Waals surface area contributed by atoms with Crippen molar-refractivity contribution in [1.82, 2.24) is 15.0 Å². The fourth-order valence-corrected chi connectivity index (χ4v) is 2.71. The average Bonchev–Trinajstić information content (AvgIpc) is 2.77. The van der Waals surface area contributed by atoms with Crippen molar-refractivity contribution in [2.24, 2.45) is 0 Å². The first-order valence-corrected chi connectivity index (χ1v) is 9.25. The van der Waals surface area contributed by atoms with Crippen molar-refractivity contribution in [2.75, 3.05) is 23.7 Å². The summed E-state index contributed by atoms with van der Waals surface area (Å²) >= 11 is 0. The van der Waals surface area contributed by atoms with Crippen LogP contribution in [0.4, 0.5) is 17.5 Å². The average molecular weight is 408 g/mol. The maximum Gasteiger partial charge on any atom is 0.339 e. The van der Waals surface area contributed by atoms with Crippen molar-refractivity contribution in [3.05, 3.63) is 70.0 Å². The van der Waals surface area contributed by atoms with Crippen molar-refractivity contribution in [1.29, 1.82) is 0 Å². The molecule has 3 aromatic rings. The van der Waals surface area contributed by atoms with E-state index in [-0.39, 0.29) is 11.3 Å². The van der Waals surface area contributed by atoms with Gasteiger partial charge in [0.1, 0.15) is 17.6 Å². The molecule has 3 rings (SSSR count). The highest BCUT2D eigenvalue weighted by Crippen LogP contribution is 2.23. The van der Waals surface area contributed by atoms with Gasteiger partial charge in [-0.15, -0.1) is 0 Å². The van der Waals surface area contributed by atoms with Crippen LogP contribution in [0.2, 0.25) is 0 Å². The van der Waals surface area contributed by atoms with Crippen molar-refractivity contribution < 1.29 is 14.8 Å². The summed E-state index contributed by atoms with van der Waals surface area (Å²) in [7, 11) is 0. The first kappa shape index (κ1) is 20.6. The number of carboxylic acids is 1. The molecule has 0 amide bonds. The van der Waals surface area contributed by atoms with Crippen LogP contribution in [0.25, 0.3) is 11.3 Å². The first-order valence-electron chi connectivity index (χ1n) is 9.25. The highest BCUT2D eigenvalue weighted by Gasteiger charge is 2.15. The summed E-state index contributed by atoms with van der Waals surface area (Å²) in [5.74, 6) is -0.295. The number of rotatable bonds is 9. The number of aryl methyl sites for hydroxylation is 1. The van der Waals surface area contributed by atoms with Crippen LogP contribution in [-0.2, 0) is 6.42 Å². The number of benzene rings is 1. The second-order valence-corrected chi connectivity index (χ2v) is 6.32. The Hall–Kier alpha value is -4.08. The zero-order valence-electron chi connectivity index (χ0n) is 16.2. The maximum atomic E-state index is 11.6. The van der Waals surface area contributed by atoms with E-state index in [4.69, 9.17) is 0 Å².